The molecule has 0 saturated heterocycles. The molecule has 0 radical (unpaired) electrons. The van der Waals surface area contributed by atoms with Gasteiger partial charge in [-0.15, -0.1) is 0 Å². The lowest BCUT2D eigenvalue weighted by Gasteiger charge is -2.05. The van der Waals surface area contributed by atoms with E-state index in [1.54, 1.807) is 12.4 Å². The van der Waals surface area contributed by atoms with E-state index in [0.717, 1.165) is 24.5 Å². The zero-order valence-electron chi connectivity index (χ0n) is 8.72. The molecule has 2 aromatic rings. The maximum atomic E-state index is 4.26. The van der Waals surface area contributed by atoms with Gasteiger partial charge in [0.1, 0.15) is 5.82 Å². The van der Waals surface area contributed by atoms with Crippen LogP contribution in [-0.4, -0.2) is 21.1 Å². The molecule has 4 nitrogen and oxygen atoms in total. The van der Waals surface area contributed by atoms with Crippen LogP contribution in [0, 0.1) is 0 Å². The molecule has 1 N–H and O–H groups in total. The summed E-state index contributed by atoms with van der Waals surface area (Å²) in [5, 5.41) is 3.32. The van der Waals surface area contributed by atoms with Crippen molar-refractivity contribution in [3.05, 3.63) is 42.7 Å². The van der Waals surface area contributed by atoms with Crippen molar-refractivity contribution >= 4 is 5.69 Å². The van der Waals surface area contributed by atoms with Crippen LogP contribution in [0.5, 0.6) is 0 Å². The fraction of sp³-hybridized carbons (Fsp3) is 0.273. The first kappa shape index (κ1) is 9.71. The second-order valence-corrected chi connectivity index (χ2v) is 3.37. The Kier molecular flexibility index (Phi) is 2.97. The zero-order valence-corrected chi connectivity index (χ0v) is 8.72. The Morgan fingerprint density at radius 2 is 2.07 bits per heavy atom. The predicted octanol–water partition coefficient (Wildman–Crippen LogP) is 1.47. The third-order valence-corrected chi connectivity index (χ3v) is 2.28. The van der Waals surface area contributed by atoms with Crippen LogP contribution in [0.4, 0.5) is 5.69 Å². The van der Waals surface area contributed by atoms with E-state index in [4.69, 9.17) is 0 Å². The largest absolute Gasteiger partial charge is 0.385 e. The van der Waals surface area contributed by atoms with Crippen molar-refractivity contribution in [3.8, 4) is 0 Å². The first-order valence-corrected chi connectivity index (χ1v) is 4.96. The molecular weight excluding hydrogens is 188 g/mol. The van der Waals surface area contributed by atoms with Gasteiger partial charge in [0, 0.05) is 50.5 Å². The van der Waals surface area contributed by atoms with Crippen molar-refractivity contribution in [1.29, 1.82) is 0 Å². The van der Waals surface area contributed by atoms with Crippen molar-refractivity contribution in [2.75, 3.05) is 11.9 Å². The summed E-state index contributed by atoms with van der Waals surface area (Å²) in [5.74, 6) is 1.09. The molecule has 4 heteroatoms. The molecule has 78 valence electrons. The Morgan fingerprint density at radius 3 is 2.73 bits per heavy atom. The van der Waals surface area contributed by atoms with Gasteiger partial charge >= 0.3 is 0 Å². The Bertz CT molecular complexity index is 408. The summed E-state index contributed by atoms with van der Waals surface area (Å²) in [6.45, 7) is 0.884. The lowest BCUT2D eigenvalue weighted by Crippen LogP contribution is -2.08. The molecular formula is C11H14N4. The number of aromatic nitrogens is 3. The molecule has 2 aromatic heterocycles. The summed E-state index contributed by atoms with van der Waals surface area (Å²) in [6, 6.07) is 3.91. The van der Waals surface area contributed by atoms with Gasteiger partial charge in [-0.2, -0.15) is 0 Å². The summed E-state index contributed by atoms with van der Waals surface area (Å²) in [4.78, 5) is 8.22. The maximum absolute atomic E-state index is 4.26. The van der Waals surface area contributed by atoms with Gasteiger partial charge < -0.3 is 9.88 Å². The molecule has 2 heterocycles. The van der Waals surface area contributed by atoms with E-state index in [1.165, 1.54) is 0 Å². The highest BCUT2D eigenvalue weighted by molar-refractivity contribution is 5.40. The highest BCUT2D eigenvalue weighted by Gasteiger charge is 1.97. The highest BCUT2D eigenvalue weighted by atomic mass is 15.0. The number of nitrogens with one attached hydrogen (secondary N) is 1. The van der Waals surface area contributed by atoms with Crippen molar-refractivity contribution in [2.24, 2.45) is 7.05 Å². The minimum absolute atomic E-state index is 0.884. The van der Waals surface area contributed by atoms with E-state index in [9.17, 15) is 0 Å². The van der Waals surface area contributed by atoms with Crippen LogP contribution in [0.1, 0.15) is 5.82 Å². The Hall–Kier alpha value is -1.84. The molecule has 2 rings (SSSR count). The summed E-state index contributed by atoms with van der Waals surface area (Å²) in [5.41, 5.74) is 1.10. The van der Waals surface area contributed by atoms with E-state index in [0.29, 0.717) is 0 Å². The van der Waals surface area contributed by atoms with Gasteiger partial charge in [0.05, 0.1) is 0 Å². The average molecular weight is 202 g/mol. The second-order valence-electron chi connectivity index (χ2n) is 3.37. The number of rotatable bonds is 4. The number of aryl methyl sites for hydroxylation is 1. The summed E-state index contributed by atoms with van der Waals surface area (Å²) < 4.78 is 2.04. The number of hydrogen-bond donors (Lipinski definition) is 1. The number of anilines is 1. The second kappa shape index (κ2) is 4.59. The molecule has 0 aliphatic carbocycles. The third-order valence-electron chi connectivity index (χ3n) is 2.28. The molecule has 0 aliphatic heterocycles. The molecule has 0 saturated carbocycles. The van der Waals surface area contributed by atoms with Crippen molar-refractivity contribution < 1.29 is 0 Å². The Morgan fingerprint density at radius 1 is 1.27 bits per heavy atom. The van der Waals surface area contributed by atoms with Gasteiger partial charge in [-0.1, -0.05) is 0 Å². The predicted molar refractivity (Wildman–Crippen MR) is 59.6 cm³/mol. The topological polar surface area (TPSA) is 42.7 Å². The minimum Gasteiger partial charge on any atom is -0.385 e. The number of hydrogen-bond acceptors (Lipinski definition) is 3. The van der Waals surface area contributed by atoms with Crippen molar-refractivity contribution in [1.82, 2.24) is 14.5 Å². The number of nitrogens with zero attached hydrogens (tertiary/aromatic N) is 3. The highest BCUT2D eigenvalue weighted by Crippen LogP contribution is 2.03. The SMILES string of the molecule is Cn1ccnc1CCNc1ccncc1. The third kappa shape index (κ3) is 2.56. The summed E-state index contributed by atoms with van der Waals surface area (Å²) in [7, 11) is 2.01. The molecule has 0 unspecified atom stereocenters. The maximum Gasteiger partial charge on any atom is 0.110 e. The monoisotopic (exact) mass is 202 g/mol. The molecule has 0 fully saturated rings. The summed E-state index contributed by atoms with van der Waals surface area (Å²) >= 11 is 0. The average Bonchev–Trinajstić information content (AvgIpc) is 2.66. The van der Waals surface area contributed by atoms with Crippen LogP contribution in [0.2, 0.25) is 0 Å². The van der Waals surface area contributed by atoms with Crippen LogP contribution in [0.25, 0.3) is 0 Å². The quantitative estimate of drug-likeness (QED) is 0.816. The van der Waals surface area contributed by atoms with E-state index in [-0.39, 0.29) is 0 Å². The number of imidazole rings is 1. The molecule has 0 aromatic carbocycles. The molecule has 15 heavy (non-hydrogen) atoms. The molecule has 0 bridgehead atoms. The molecule has 0 aliphatic rings. The molecule has 0 spiro atoms. The van der Waals surface area contributed by atoms with Crippen LogP contribution >= 0.6 is 0 Å². The van der Waals surface area contributed by atoms with E-state index in [2.05, 4.69) is 15.3 Å². The normalized spacial score (nSPS) is 10.2. The smallest absolute Gasteiger partial charge is 0.110 e. The van der Waals surface area contributed by atoms with Gasteiger partial charge in [-0.3, -0.25) is 4.98 Å². The van der Waals surface area contributed by atoms with Crippen LogP contribution < -0.4 is 5.32 Å². The van der Waals surface area contributed by atoms with E-state index >= 15 is 0 Å². The van der Waals surface area contributed by atoms with Crippen LogP contribution in [-0.2, 0) is 13.5 Å². The van der Waals surface area contributed by atoms with E-state index in [1.807, 2.05) is 36.1 Å². The van der Waals surface area contributed by atoms with Gasteiger partial charge in [0.15, 0.2) is 0 Å². The standard InChI is InChI=1S/C11H14N4/c1-15-9-8-14-11(15)4-7-13-10-2-5-12-6-3-10/h2-3,5-6,8-9H,4,7H2,1H3,(H,12,13). The minimum atomic E-state index is 0.884. The van der Waals surface area contributed by atoms with E-state index < -0.39 is 0 Å². The van der Waals surface area contributed by atoms with Gasteiger partial charge in [0.25, 0.3) is 0 Å². The fourth-order valence-electron chi connectivity index (χ4n) is 1.43. The first-order valence-electron chi connectivity index (χ1n) is 4.96. The molecule has 0 atom stereocenters. The fourth-order valence-corrected chi connectivity index (χ4v) is 1.43. The first-order chi connectivity index (χ1) is 7.36. The van der Waals surface area contributed by atoms with Gasteiger partial charge in [0.2, 0.25) is 0 Å². The lowest BCUT2D eigenvalue weighted by molar-refractivity contribution is 0.789. The van der Waals surface area contributed by atoms with Gasteiger partial charge in [-0.05, 0) is 12.1 Å². The van der Waals surface area contributed by atoms with Crippen molar-refractivity contribution in [2.45, 2.75) is 6.42 Å². The molecule has 0 amide bonds. The lowest BCUT2D eigenvalue weighted by atomic mass is 10.3. The zero-order chi connectivity index (χ0) is 10.5. The Balaban J connectivity index is 1.83. The van der Waals surface area contributed by atoms with Crippen LogP contribution in [0.3, 0.4) is 0 Å². The van der Waals surface area contributed by atoms with Gasteiger partial charge in [-0.25, -0.2) is 4.98 Å². The van der Waals surface area contributed by atoms with Crippen molar-refractivity contribution in [3.63, 3.8) is 0 Å². The summed E-state index contributed by atoms with van der Waals surface area (Å²) in [6.07, 6.45) is 8.27. The number of pyridine rings is 1. The van der Waals surface area contributed by atoms with Crippen LogP contribution in [0.15, 0.2) is 36.9 Å². The Labute approximate surface area is 89.0 Å².